The van der Waals surface area contributed by atoms with Crippen molar-refractivity contribution in [3.63, 3.8) is 0 Å². The molecule has 1 aromatic rings. The molecule has 1 aliphatic rings. The highest BCUT2D eigenvalue weighted by Gasteiger charge is 2.18. The van der Waals surface area contributed by atoms with Gasteiger partial charge in [-0.2, -0.15) is 0 Å². The van der Waals surface area contributed by atoms with Gasteiger partial charge in [0.2, 0.25) is 0 Å². The van der Waals surface area contributed by atoms with Crippen molar-refractivity contribution in [2.75, 3.05) is 13.2 Å². The smallest absolute Gasteiger partial charge is 0.116 e. The van der Waals surface area contributed by atoms with Crippen molar-refractivity contribution in [3.8, 4) is 0 Å². The van der Waals surface area contributed by atoms with E-state index in [0.29, 0.717) is 12.3 Å². The predicted octanol–water partition coefficient (Wildman–Crippen LogP) is 3.05. The lowest BCUT2D eigenvalue weighted by molar-refractivity contribution is 0.218. The van der Waals surface area contributed by atoms with Gasteiger partial charge >= 0.3 is 0 Å². The third-order valence-corrected chi connectivity index (χ3v) is 4.00. The minimum Gasteiger partial charge on any atom is -0.498 e. The lowest BCUT2D eigenvalue weighted by atomic mass is 9.95. The maximum absolute atomic E-state index is 9.26. The highest BCUT2D eigenvalue weighted by atomic mass is 32.1. The van der Waals surface area contributed by atoms with Crippen LogP contribution in [0.4, 0.5) is 5.00 Å². The van der Waals surface area contributed by atoms with Crippen molar-refractivity contribution in [2.24, 2.45) is 10.7 Å². The molecule has 1 heterocycles. The van der Waals surface area contributed by atoms with Crippen LogP contribution in [-0.2, 0) is 4.74 Å². The molecule has 108 valence electrons. The fraction of sp³-hybridized carbons (Fsp3) is 0.400. The summed E-state index contributed by atoms with van der Waals surface area (Å²) in [5.41, 5.74) is 9.30. The van der Waals surface area contributed by atoms with Crippen LogP contribution in [0.15, 0.2) is 39.5 Å². The summed E-state index contributed by atoms with van der Waals surface area (Å²) in [6.45, 7) is 4.51. The minimum absolute atomic E-state index is 0.143. The van der Waals surface area contributed by atoms with Crippen molar-refractivity contribution in [1.82, 2.24) is 0 Å². The number of aliphatic hydroxyl groups excluding tert-OH is 1. The first-order chi connectivity index (χ1) is 9.63. The average Bonchev–Trinajstić information content (AvgIpc) is 2.84. The van der Waals surface area contributed by atoms with E-state index in [1.807, 2.05) is 26.0 Å². The van der Waals surface area contributed by atoms with Crippen molar-refractivity contribution >= 4 is 22.0 Å². The molecular formula is C15H20N2O2S. The van der Waals surface area contributed by atoms with Crippen LogP contribution >= 0.6 is 11.3 Å². The predicted molar refractivity (Wildman–Crippen MR) is 83.4 cm³/mol. The van der Waals surface area contributed by atoms with E-state index in [4.69, 9.17) is 10.5 Å². The standard InChI is InChI=1S/C15H20N2O2S/c1-3-19-11-4-5-12(13(16)8-18)14(7-11)17-15-6-10(2)9-20-15/h6-7,9,18H,3-5,8,16H2,1-2H3/b13-12-,17-14+. The number of aryl methyl sites for hydroxylation is 1. The Morgan fingerprint density at radius 2 is 2.30 bits per heavy atom. The Morgan fingerprint density at radius 1 is 1.50 bits per heavy atom. The number of ether oxygens (including phenoxy) is 1. The Balaban J connectivity index is 2.40. The van der Waals surface area contributed by atoms with Crippen molar-refractivity contribution in [1.29, 1.82) is 0 Å². The van der Waals surface area contributed by atoms with Crippen LogP contribution in [0.1, 0.15) is 25.3 Å². The summed E-state index contributed by atoms with van der Waals surface area (Å²) in [5, 5.41) is 12.3. The molecule has 4 nitrogen and oxygen atoms in total. The maximum Gasteiger partial charge on any atom is 0.116 e. The van der Waals surface area contributed by atoms with Crippen LogP contribution in [0, 0.1) is 6.92 Å². The zero-order valence-corrected chi connectivity index (χ0v) is 12.7. The molecule has 0 unspecified atom stereocenters. The molecule has 1 aliphatic carbocycles. The minimum atomic E-state index is -0.143. The van der Waals surface area contributed by atoms with Crippen LogP contribution in [-0.4, -0.2) is 24.0 Å². The van der Waals surface area contributed by atoms with E-state index < -0.39 is 0 Å². The molecule has 0 atom stereocenters. The Morgan fingerprint density at radius 3 is 2.90 bits per heavy atom. The molecule has 0 bridgehead atoms. The first-order valence-electron chi connectivity index (χ1n) is 6.70. The largest absolute Gasteiger partial charge is 0.498 e. The van der Waals surface area contributed by atoms with Gasteiger partial charge in [0.25, 0.3) is 0 Å². The number of hydrogen-bond acceptors (Lipinski definition) is 5. The zero-order valence-electron chi connectivity index (χ0n) is 11.8. The fourth-order valence-electron chi connectivity index (χ4n) is 2.10. The molecule has 0 aliphatic heterocycles. The second-order valence-corrected chi connectivity index (χ2v) is 5.55. The quantitative estimate of drug-likeness (QED) is 0.896. The van der Waals surface area contributed by atoms with Crippen molar-refractivity contribution < 1.29 is 9.84 Å². The highest BCUT2D eigenvalue weighted by Crippen LogP contribution is 2.29. The van der Waals surface area contributed by atoms with Gasteiger partial charge in [0, 0.05) is 18.2 Å². The Bertz CT molecular complexity index is 570. The van der Waals surface area contributed by atoms with Crippen LogP contribution < -0.4 is 5.73 Å². The Labute approximate surface area is 123 Å². The second-order valence-electron chi connectivity index (χ2n) is 4.66. The highest BCUT2D eigenvalue weighted by molar-refractivity contribution is 7.14. The van der Waals surface area contributed by atoms with E-state index in [2.05, 4.69) is 10.4 Å². The van der Waals surface area contributed by atoms with Gasteiger partial charge in [-0.25, -0.2) is 4.99 Å². The van der Waals surface area contributed by atoms with Gasteiger partial charge in [0.15, 0.2) is 0 Å². The normalized spacial score (nSPS) is 19.9. The number of aliphatic imine (C=N–C) groups is 1. The molecule has 0 amide bonds. The van der Waals surface area contributed by atoms with Gasteiger partial charge in [0.1, 0.15) is 5.00 Å². The molecule has 2 rings (SSSR count). The molecule has 0 saturated carbocycles. The third kappa shape index (κ3) is 3.49. The fourth-order valence-corrected chi connectivity index (χ4v) is 2.88. The van der Waals surface area contributed by atoms with Gasteiger partial charge in [-0.15, -0.1) is 11.3 Å². The van der Waals surface area contributed by atoms with Crippen LogP contribution in [0.2, 0.25) is 0 Å². The molecule has 0 spiro atoms. The lowest BCUT2D eigenvalue weighted by Crippen LogP contribution is -2.17. The van der Waals surface area contributed by atoms with E-state index in [9.17, 15) is 5.11 Å². The summed E-state index contributed by atoms with van der Waals surface area (Å²) in [6, 6.07) is 2.03. The lowest BCUT2D eigenvalue weighted by Gasteiger charge is -2.19. The van der Waals surface area contributed by atoms with Crippen molar-refractivity contribution in [3.05, 3.63) is 40.1 Å². The van der Waals surface area contributed by atoms with Crippen molar-refractivity contribution in [2.45, 2.75) is 26.7 Å². The summed E-state index contributed by atoms with van der Waals surface area (Å²) in [7, 11) is 0. The van der Waals surface area contributed by atoms with Gasteiger partial charge in [-0.05, 0) is 42.9 Å². The van der Waals surface area contributed by atoms with Crippen LogP contribution in [0.5, 0.6) is 0 Å². The van der Waals surface area contributed by atoms with E-state index >= 15 is 0 Å². The molecule has 20 heavy (non-hydrogen) atoms. The zero-order chi connectivity index (χ0) is 14.5. The van der Waals surface area contributed by atoms with E-state index in [-0.39, 0.29) is 6.61 Å². The number of hydrogen-bond donors (Lipinski definition) is 2. The molecule has 5 heteroatoms. The summed E-state index contributed by atoms with van der Waals surface area (Å²) < 4.78 is 5.58. The van der Waals surface area contributed by atoms with Gasteiger partial charge in [-0.1, -0.05) is 0 Å². The van der Waals surface area contributed by atoms with E-state index in [1.165, 1.54) is 5.56 Å². The average molecular weight is 292 g/mol. The van der Waals surface area contributed by atoms with Gasteiger partial charge in [0.05, 0.1) is 24.7 Å². The molecule has 3 N–H and O–H groups in total. The molecule has 0 aromatic carbocycles. The number of rotatable bonds is 4. The van der Waals surface area contributed by atoms with Gasteiger partial charge in [-0.3, -0.25) is 0 Å². The van der Waals surface area contributed by atoms with Crippen LogP contribution in [0.25, 0.3) is 0 Å². The molecule has 0 saturated heterocycles. The number of allylic oxidation sites excluding steroid dienone is 3. The molecule has 0 radical (unpaired) electrons. The Kier molecular flexibility index (Phi) is 4.98. The summed E-state index contributed by atoms with van der Waals surface area (Å²) in [4.78, 5) is 4.65. The summed E-state index contributed by atoms with van der Waals surface area (Å²) in [5.74, 6) is 0.925. The maximum atomic E-state index is 9.26. The summed E-state index contributed by atoms with van der Waals surface area (Å²) >= 11 is 1.60. The SMILES string of the molecule is CCOC1=CC(=N\c2cc(C)cs2)/C(=C(\N)CO)CC1. The number of nitrogens with zero attached hydrogens (tertiary/aromatic N) is 1. The molecule has 1 aromatic heterocycles. The second kappa shape index (κ2) is 6.72. The number of thiophene rings is 1. The Hall–Kier alpha value is -1.59. The topological polar surface area (TPSA) is 67.8 Å². The molecule has 0 fully saturated rings. The molecular weight excluding hydrogens is 272 g/mol. The van der Waals surface area contributed by atoms with Gasteiger partial charge < -0.3 is 15.6 Å². The monoisotopic (exact) mass is 292 g/mol. The van der Waals surface area contributed by atoms with Crippen LogP contribution in [0.3, 0.4) is 0 Å². The first kappa shape index (κ1) is 14.8. The number of nitrogens with two attached hydrogens (primary N) is 1. The number of aliphatic hydroxyl groups is 1. The summed E-state index contributed by atoms with van der Waals surface area (Å²) in [6.07, 6.45) is 3.48. The first-order valence-corrected chi connectivity index (χ1v) is 7.58. The van der Waals surface area contributed by atoms with E-state index in [0.717, 1.165) is 34.9 Å². The third-order valence-electron chi connectivity index (χ3n) is 3.06. The van der Waals surface area contributed by atoms with E-state index in [1.54, 1.807) is 11.3 Å².